The van der Waals surface area contributed by atoms with Gasteiger partial charge in [0.1, 0.15) is 5.82 Å². The number of nitrogens with zero attached hydrogens (tertiary/aromatic N) is 2. The average molecular weight is 405 g/mol. The van der Waals surface area contributed by atoms with Gasteiger partial charge in [0, 0.05) is 24.5 Å². The monoisotopic (exact) mass is 405 g/mol. The molecule has 6 nitrogen and oxygen atoms in total. The second kappa shape index (κ2) is 10.6. The fourth-order valence-electron chi connectivity index (χ4n) is 3.11. The zero-order valence-electron chi connectivity index (χ0n) is 17.5. The van der Waals surface area contributed by atoms with Crippen LogP contribution in [0.25, 0.3) is 0 Å². The Morgan fingerprint density at radius 2 is 1.61 bits per heavy atom. The number of aryl methyl sites for hydroxylation is 1. The molecule has 0 fully saturated rings. The molecule has 0 aliphatic carbocycles. The molecule has 0 bridgehead atoms. The Labute approximate surface area is 168 Å². The highest BCUT2D eigenvalue weighted by molar-refractivity contribution is 7.54. The highest BCUT2D eigenvalue weighted by Gasteiger charge is 2.37. The van der Waals surface area contributed by atoms with Gasteiger partial charge in [-0.2, -0.15) is 0 Å². The van der Waals surface area contributed by atoms with E-state index in [1.54, 1.807) is 0 Å². The Balaban J connectivity index is 2.43. The summed E-state index contributed by atoms with van der Waals surface area (Å²) in [6, 6.07) is 13.7. The molecule has 0 saturated carbocycles. The predicted octanol–water partition coefficient (Wildman–Crippen LogP) is 5.61. The summed E-state index contributed by atoms with van der Waals surface area (Å²) in [5, 5.41) is 3.29. The van der Waals surface area contributed by atoms with Crippen LogP contribution in [0.4, 0.5) is 11.5 Å². The van der Waals surface area contributed by atoms with Gasteiger partial charge in [-0.1, -0.05) is 18.2 Å². The standard InChI is InChI=1S/C21H32N3O3P/c1-6-24(7-2)19-15-13-18(14-16-19)21(28(25,26-8-3)27-9-4)23-20-12-10-11-17(5)22-20/h10-16,21H,6-9H2,1-5H3,(H,22,23). The van der Waals surface area contributed by atoms with Gasteiger partial charge < -0.3 is 19.3 Å². The third-order valence-electron chi connectivity index (χ3n) is 4.44. The van der Waals surface area contributed by atoms with Gasteiger partial charge in [0.15, 0.2) is 5.78 Å². The fourth-order valence-corrected chi connectivity index (χ4v) is 5.03. The van der Waals surface area contributed by atoms with Crippen LogP contribution in [0.2, 0.25) is 0 Å². The molecule has 0 radical (unpaired) electrons. The number of anilines is 2. The molecule has 7 heteroatoms. The molecule has 1 N–H and O–H groups in total. The average Bonchev–Trinajstić information content (AvgIpc) is 2.68. The van der Waals surface area contributed by atoms with Crippen LogP contribution in [0, 0.1) is 6.92 Å². The number of hydrogen-bond acceptors (Lipinski definition) is 6. The molecule has 2 rings (SSSR count). The summed E-state index contributed by atoms with van der Waals surface area (Å²) < 4.78 is 24.9. The Morgan fingerprint density at radius 3 is 2.11 bits per heavy atom. The summed E-state index contributed by atoms with van der Waals surface area (Å²) in [5.41, 5.74) is 2.84. The van der Waals surface area contributed by atoms with Gasteiger partial charge in [-0.3, -0.25) is 4.57 Å². The second-order valence-corrected chi connectivity index (χ2v) is 8.46. The predicted molar refractivity (Wildman–Crippen MR) is 116 cm³/mol. The van der Waals surface area contributed by atoms with Crippen molar-refractivity contribution in [3.8, 4) is 0 Å². The third-order valence-corrected chi connectivity index (χ3v) is 6.74. The molecule has 1 heterocycles. The highest BCUT2D eigenvalue weighted by atomic mass is 31.2. The van der Waals surface area contributed by atoms with Crippen LogP contribution in [0.5, 0.6) is 0 Å². The van der Waals surface area contributed by atoms with Gasteiger partial charge in [0.05, 0.1) is 13.2 Å². The molecule has 28 heavy (non-hydrogen) atoms. The van der Waals surface area contributed by atoms with Crippen molar-refractivity contribution >= 4 is 19.1 Å². The zero-order valence-corrected chi connectivity index (χ0v) is 18.4. The zero-order chi connectivity index (χ0) is 20.6. The molecule has 0 aliphatic rings. The SMILES string of the molecule is CCOP(=O)(OCC)C(Nc1cccc(C)n1)c1ccc(N(CC)CC)cc1. The molecule has 0 aliphatic heterocycles. The molecule has 1 atom stereocenters. The number of nitrogens with one attached hydrogen (secondary N) is 1. The van der Waals surface area contributed by atoms with Crippen molar-refractivity contribution in [2.45, 2.75) is 40.4 Å². The molecule has 1 aromatic carbocycles. The smallest absolute Gasteiger partial charge is 0.357 e. The number of hydrogen-bond donors (Lipinski definition) is 1. The molecule has 0 saturated heterocycles. The summed E-state index contributed by atoms with van der Waals surface area (Å²) in [4.78, 5) is 6.76. The minimum Gasteiger partial charge on any atom is -0.372 e. The Morgan fingerprint density at radius 1 is 1.00 bits per heavy atom. The quantitative estimate of drug-likeness (QED) is 0.490. The van der Waals surface area contributed by atoms with E-state index < -0.39 is 13.4 Å². The normalized spacial score (nSPS) is 12.6. The van der Waals surface area contributed by atoms with Crippen LogP contribution in [0.1, 0.15) is 44.7 Å². The van der Waals surface area contributed by atoms with E-state index in [2.05, 4.69) is 29.0 Å². The van der Waals surface area contributed by atoms with Crippen molar-refractivity contribution in [3.05, 3.63) is 53.7 Å². The summed E-state index contributed by atoms with van der Waals surface area (Å²) >= 11 is 0. The lowest BCUT2D eigenvalue weighted by Gasteiger charge is -2.28. The second-order valence-electron chi connectivity index (χ2n) is 6.35. The van der Waals surface area contributed by atoms with Gasteiger partial charge in [0.25, 0.3) is 0 Å². The maximum absolute atomic E-state index is 13.6. The van der Waals surface area contributed by atoms with Gasteiger partial charge in [-0.25, -0.2) is 4.98 Å². The van der Waals surface area contributed by atoms with E-state index in [9.17, 15) is 4.57 Å². The van der Waals surface area contributed by atoms with Crippen LogP contribution in [-0.2, 0) is 13.6 Å². The minimum absolute atomic E-state index is 0.300. The molecule has 0 amide bonds. The van der Waals surface area contributed by atoms with Crippen molar-refractivity contribution < 1.29 is 13.6 Å². The highest BCUT2D eigenvalue weighted by Crippen LogP contribution is 2.60. The van der Waals surface area contributed by atoms with Crippen LogP contribution < -0.4 is 10.2 Å². The lowest BCUT2D eigenvalue weighted by molar-refractivity contribution is 0.214. The van der Waals surface area contributed by atoms with Crippen molar-refractivity contribution in [2.24, 2.45) is 0 Å². The first-order chi connectivity index (χ1) is 13.5. The first kappa shape index (κ1) is 22.4. The molecule has 154 valence electrons. The molecular formula is C21H32N3O3P. The van der Waals surface area contributed by atoms with E-state index in [-0.39, 0.29) is 0 Å². The summed E-state index contributed by atoms with van der Waals surface area (Å²) in [5.74, 6) is -0.00935. The Kier molecular flexibility index (Phi) is 8.49. The molecular weight excluding hydrogens is 373 g/mol. The van der Waals surface area contributed by atoms with Crippen LogP contribution in [0.15, 0.2) is 42.5 Å². The number of rotatable bonds is 11. The molecule has 0 spiro atoms. The van der Waals surface area contributed by atoms with Gasteiger partial charge in [-0.05, 0) is 64.4 Å². The van der Waals surface area contributed by atoms with Gasteiger partial charge in [0.2, 0.25) is 0 Å². The topological polar surface area (TPSA) is 63.7 Å². The number of benzene rings is 1. The third kappa shape index (κ3) is 5.57. The van der Waals surface area contributed by atoms with Crippen molar-refractivity contribution in [3.63, 3.8) is 0 Å². The number of aromatic nitrogens is 1. The van der Waals surface area contributed by atoms with E-state index in [1.807, 2.05) is 63.2 Å². The lowest BCUT2D eigenvalue weighted by Crippen LogP contribution is -2.22. The first-order valence-electron chi connectivity index (χ1n) is 9.91. The Bertz CT molecular complexity index is 769. The van der Waals surface area contributed by atoms with Crippen molar-refractivity contribution in [2.75, 3.05) is 36.5 Å². The van der Waals surface area contributed by atoms with Crippen LogP contribution >= 0.6 is 7.60 Å². The van der Waals surface area contributed by atoms with Crippen molar-refractivity contribution in [1.29, 1.82) is 0 Å². The summed E-state index contributed by atoms with van der Waals surface area (Å²) in [6.45, 7) is 12.3. The van der Waals surface area contributed by atoms with E-state index in [0.29, 0.717) is 19.0 Å². The summed E-state index contributed by atoms with van der Waals surface area (Å²) in [7, 11) is -3.45. The van der Waals surface area contributed by atoms with E-state index in [0.717, 1.165) is 30.0 Å². The Hall–Kier alpha value is -1.88. The largest absolute Gasteiger partial charge is 0.372 e. The molecule has 1 unspecified atom stereocenters. The number of pyridine rings is 1. The molecule has 2 aromatic rings. The van der Waals surface area contributed by atoms with Crippen LogP contribution in [-0.4, -0.2) is 31.3 Å². The maximum atomic E-state index is 13.6. The fraction of sp³-hybridized carbons (Fsp3) is 0.476. The molecule has 1 aromatic heterocycles. The first-order valence-corrected chi connectivity index (χ1v) is 11.5. The minimum atomic E-state index is -3.45. The van der Waals surface area contributed by atoms with Gasteiger partial charge in [-0.15, -0.1) is 0 Å². The van der Waals surface area contributed by atoms with Crippen LogP contribution in [0.3, 0.4) is 0 Å². The van der Waals surface area contributed by atoms with E-state index in [1.165, 1.54) is 0 Å². The van der Waals surface area contributed by atoms with E-state index >= 15 is 0 Å². The lowest BCUT2D eigenvalue weighted by atomic mass is 10.2. The van der Waals surface area contributed by atoms with E-state index in [4.69, 9.17) is 9.05 Å². The van der Waals surface area contributed by atoms with Crippen molar-refractivity contribution in [1.82, 2.24) is 4.98 Å². The van der Waals surface area contributed by atoms with Gasteiger partial charge >= 0.3 is 7.60 Å². The summed E-state index contributed by atoms with van der Waals surface area (Å²) in [6.07, 6.45) is 0. The maximum Gasteiger partial charge on any atom is 0.357 e.